The molecule has 0 amide bonds. The van der Waals surface area contributed by atoms with E-state index in [0.717, 1.165) is 30.6 Å². The third-order valence-corrected chi connectivity index (χ3v) is 3.70. The summed E-state index contributed by atoms with van der Waals surface area (Å²) in [4.78, 5) is 6.49. The van der Waals surface area contributed by atoms with Gasteiger partial charge in [-0.25, -0.2) is 0 Å². The topological polar surface area (TPSA) is 54.2 Å². The van der Waals surface area contributed by atoms with Gasteiger partial charge in [0.15, 0.2) is 5.82 Å². The molecule has 1 aliphatic rings. The van der Waals surface area contributed by atoms with Crippen LogP contribution in [0.2, 0.25) is 0 Å². The van der Waals surface area contributed by atoms with Crippen molar-refractivity contribution in [3.8, 4) is 0 Å². The van der Waals surface area contributed by atoms with Gasteiger partial charge in [0.1, 0.15) is 0 Å². The molecule has 0 aliphatic heterocycles. The first-order valence-corrected chi connectivity index (χ1v) is 6.82. The molecule has 0 aromatic carbocycles. The van der Waals surface area contributed by atoms with Gasteiger partial charge in [0.2, 0.25) is 5.89 Å². The molecule has 2 rings (SSSR count). The molecule has 0 spiro atoms. The van der Waals surface area contributed by atoms with Crippen LogP contribution in [0.1, 0.15) is 37.4 Å². The third-order valence-electron chi connectivity index (χ3n) is 3.70. The van der Waals surface area contributed by atoms with E-state index in [9.17, 15) is 0 Å². The van der Waals surface area contributed by atoms with Crippen molar-refractivity contribution in [2.45, 2.75) is 44.7 Å². The fraction of sp³-hybridized carbons (Fsp3) is 0.846. The molecule has 1 atom stereocenters. The number of aromatic nitrogens is 2. The van der Waals surface area contributed by atoms with Gasteiger partial charge in [-0.15, -0.1) is 0 Å². The van der Waals surface area contributed by atoms with Gasteiger partial charge < -0.3 is 14.7 Å². The predicted octanol–water partition coefficient (Wildman–Crippen LogP) is 1.45. The van der Waals surface area contributed by atoms with Crippen LogP contribution < -0.4 is 5.32 Å². The number of nitrogens with one attached hydrogen (secondary N) is 1. The maximum absolute atomic E-state index is 5.33. The van der Waals surface area contributed by atoms with Gasteiger partial charge >= 0.3 is 0 Å². The summed E-state index contributed by atoms with van der Waals surface area (Å²) in [6.07, 6.45) is 6.22. The quantitative estimate of drug-likeness (QED) is 0.830. The van der Waals surface area contributed by atoms with E-state index in [4.69, 9.17) is 4.52 Å². The molecule has 1 aromatic heterocycles. The predicted molar refractivity (Wildman–Crippen MR) is 70.2 cm³/mol. The Bertz CT molecular complexity index is 358. The first-order chi connectivity index (χ1) is 8.69. The third kappa shape index (κ3) is 3.53. The molecule has 0 saturated heterocycles. The summed E-state index contributed by atoms with van der Waals surface area (Å²) in [6.45, 7) is 0.733. The highest BCUT2D eigenvalue weighted by Crippen LogP contribution is 2.28. The highest BCUT2D eigenvalue weighted by molar-refractivity contribution is 4.92. The Morgan fingerprint density at radius 3 is 2.72 bits per heavy atom. The van der Waals surface area contributed by atoms with Crippen molar-refractivity contribution in [3.63, 3.8) is 0 Å². The normalized spacial score (nSPS) is 18.7. The first kappa shape index (κ1) is 13.5. The lowest BCUT2D eigenvalue weighted by Crippen LogP contribution is -2.34. The highest BCUT2D eigenvalue weighted by atomic mass is 16.5. The first-order valence-electron chi connectivity index (χ1n) is 6.82. The molecule has 1 aromatic rings. The van der Waals surface area contributed by atoms with Crippen LogP contribution in [0.15, 0.2) is 4.52 Å². The van der Waals surface area contributed by atoms with Gasteiger partial charge in [0, 0.05) is 12.5 Å². The summed E-state index contributed by atoms with van der Waals surface area (Å²) in [7, 11) is 6.04. The minimum atomic E-state index is 0.472. The van der Waals surface area contributed by atoms with Gasteiger partial charge in [0.05, 0.1) is 6.54 Å². The molecule has 1 saturated carbocycles. The van der Waals surface area contributed by atoms with Crippen molar-refractivity contribution in [2.75, 3.05) is 21.1 Å². The summed E-state index contributed by atoms with van der Waals surface area (Å²) in [5.41, 5.74) is 0. The van der Waals surface area contributed by atoms with Crippen molar-refractivity contribution in [2.24, 2.45) is 5.92 Å². The van der Waals surface area contributed by atoms with Gasteiger partial charge in [-0.3, -0.25) is 0 Å². The van der Waals surface area contributed by atoms with Gasteiger partial charge in [-0.2, -0.15) is 4.98 Å². The lowest BCUT2D eigenvalue weighted by molar-refractivity contribution is 0.313. The van der Waals surface area contributed by atoms with Crippen LogP contribution in [0, 0.1) is 5.92 Å². The molecule has 0 radical (unpaired) electrons. The Kier molecular flexibility index (Phi) is 4.72. The van der Waals surface area contributed by atoms with Crippen molar-refractivity contribution in [1.82, 2.24) is 20.4 Å². The van der Waals surface area contributed by atoms with E-state index in [0.29, 0.717) is 6.04 Å². The summed E-state index contributed by atoms with van der Waals surface area (Å²) < 4.78 is 5.33. The van der Waals surface area contributed by atoms with Gasteiger partial charge in [-0.1, -0.05) is 18.0 Å². The van der Waals surface area contributed by atoms with Crippen molar-refractivity contribution in [3.05, 3.63) is 11.7 Å². The van der Waals surface area contributed by atoms with E-state index in [1.807, 2.05) is 26.0 Å². The Hall–Kier alpha value is -0.940. The smallest absolute Gasteiger partial charge is 0.228 e. The molecule has 5 heteroatoms. The molecule has 0 bridgehead atoms. The minimum absolute atomic E-state index is 0.472. The van der Waals surface area contributed by atoms with E-state index in [2.05, 4.69) is 15.5 Å². The molecular formula is C13H24N4O. The van der Waals surface area contributed by atoms with E-state index in [-0.39, 0.29) is 0 Å². The Labute approximate surface area is 109 Å². The second-order valence-corrected chi connectivity index (χ2v) is 5.49. The Balaban J connectivity index is 1.92. The zero-order valence-corrected chi connectivity index (χ0v) is 11.6. The van der Waals surface area contributed by atoms with Crippen LogP contribution in [0.5, 0.6) is 0 Å². The molecule has 1 fully saturated rings. The lowest BCUT2D eigenvalue weighted by atomic mass is 9.95. The van der Waals surface area contributed by atoms with Crippen molar-refractivity contribution in [1.29, 1.82) is 0 Å². The summed E-state index contributed by atoms with van der Waals surface area (Å²) in [5.74, 6) is 2.30. The summed E-state index contributed by atoms with van der Waals surface area (Å²) in [6, 6.07) is 0.472. The standard InChI is InChI=1S/C13H24N4O/c1-14-11(10-6-4-5-7-10)8-13-15-12(16-18-13)9-17(2)3/h10-11,14H,4-9H2,1-3H3. The molecule has 5 nitrogen and oxygen atoms in total. The number of likely N-dealkylation sites (N-methyl/N-ethyl adjacent to an activating group) is 1. The van der Waals surface area contributed by atoms with Crippen LogP contribution in [0.3, 0.4) is 0 Å². The second kappa shape index (κ2) is 6.29. The van der Waals surface area contributed by atoms with Crippen LogP contribution >= 0.6 is 0 Å². The zero-order chi connectivity index (χ0) is 13.0. The van der Waals surface area contributed by atoms with Crippen LogP contribution in [-0.4, -0.2) is 42.2 Å². The SMILES string of the molecule is CNC(Cc1nc(CN(C)C)no1)C1CCCC1. The van der Waals surface area contributed by atoms with Crippen LogP contribution in [0.4, 0.5) is 0 Å². The van der Waals surface area contributed by atoms with Crippen LogP contribution in [0.25, 0.3) is 0 Å². The average Bonchev–Trinajstić information content (AvgIpc) is 2.96. The van der Waals surface area contributed by atoms with E-state index in [1.165, 1.54) is 25.7 Å². The maximum Gasteiger partial charge on any atom is 0.228 e. The van der Waals surface area contributed by atoms with E-state index in [1.54, 1.807) is 0 Å². The lowest BCUT2D eigenvalue weighted by Gasteiger charge is -2.20. The fourth-order valence-corrected chi connectivity index (χ4v) is 2.77. The number of hydrogen-bond acceptors (Lipinski definition) is 5. The van der Waals surface area contributed by atoms with E-state index >= 15 is 0 Å². The number of hydrogen-bond donors (Lipinski definition) is 1. The molecule has 1 unspecified atom stereocenters. The molecule has 18 heavy (non-hydrogen) atoms. The highest BCUT2D eigenvalue weighted by Gasteiger charge is 2.25. The largest absolute Gasteiger partial charge is 0.339 e. The maximum atomic E-state index is 5.33. The Morgan fingerprint density at radius 2 is 2.11 bits per heavy atom. The zero-order valence-electron chi connectivity index (χ0n) is 11.6. The van der Waals surface area contributed by atoms with Crippen molar-refractivity contribution >= 4 is 0 Å². The number of nitrogens with zero attached hydrogens (tertiary/aromatic N) is 3. The molecule has 102 valence electrons. The van der Waals surface area contributed by atoms with Crippen LogP contribution in [-0.2, 0) is 13.0 Å². The molecule has 1 aliphatic carbocycles. The van der Waals surface area contributed by atoms with Crippen molar-refractivity contribution < 1.29 is 4.52 Å². The second-order valence-electron chi connectivity index (χ2n) is 5.49. The number of rotatable bonds is 6. The summed E-state index contributed by atoms with van der Waals surface area (Å²) in [5, 5.41) is 7.42. The Morgan fingerprint density at radius 1 is 1.39 bits per heavy atom. The molecular weight excluding hydrogens is 228 g/mol. The monoisotopic (exact) mass is 252 g/mol. The minimum Gasteiger partial charge on any atom is -0.339 e. The van der Waals surface area contributed by atoms with E-state index < -0.39 is 0 Å². The summed E-state index contributed by atoms with van der Waals surface area (Å²) >= 11 is 0. The molecule has 1 N–H and O–H groups in total. The van der Waals surface area contributed by atoms with Gasteiger partial charge in [-0.05, 0) is 39.9 Å². The molecule has 1 heterocycles. The van der Waals surface area contributed by atoms with Gasteiger partial charge in [0.25, 0.3) is 0 Å². The average molecular weight is 252 g/mol. The fourth-order valence-electron chi connectivity index (χ4n) is 2.77.